The van der Waals surface area contributed by atoms with Gasteiger partial charge in [-0.3, -0.25) is 9.78 Å². The molecule has 0 fully saturated rings. The summed E-state index contributed by atoms with van der Waals surface area (Å²) < 4.78 is 0. The molecule has 0 aliphatic heterocycles. The van der Waals surface area contributed by atoms with Gasteiger partial charge in [0.15, 0.2) is 0 Å². The first kappa shape index (κ1) is 15.4. The zero-order valence-corrected chi connectivity index (χ0v) is 12.3. The number of carbonyl (C=O) groups is 1. The SMILES string of the molecule is CC(C)CN(CCN(C)C)C(=O)c1ccncc1N. The van der Waals surface area contributed by atoms with E-state index in [9.17, 15) is 4.79 Å². The molecular formula is C14H24N4O. The highest BCUT2D eigenvalue weighted by atomic mass is 16.2. The van der Waals surface area contributed by atoms with Gasteiger partial charge in [0.2, 0.25) is 0 Å². The van der Waals surface area contributed by atoms with Crippen molar-refractivity contribution in [1.82, 2.24) is 14.8 Å². The van der Waals surface area contributed by atoms with Gasteiger partial charge in [0.05, 0.1) is 17.4 Å². The number of hydrogen-bond acceptors (Lipinski definition) is 4. The molecule has 0 unspecified atom stereocenters. The summed E-state index contributed by atoms with van der Waals surface area (Å²) in [5.41, 5.74) is 6.80. The Morgan fingerprint density at radius 1 is 1.37 bits per heavy atom. The Labute approximate surface area is 115 Å². The molecule has 1 heterocycles. The van der Waals surface area contributed by atoms with Crippen LogP contribution < -0.4 is 5.73 Å². The van der Waals surface area contributed by atoms with Gasteiger partial charge in [-0.15, -0.1) is 0 Å². The number of pyridine rings is 1. The van der Waals surface area contributed by atoms with Crippen molar-refractivity contribution in [3.8, 4) is 0 Å². The number of aromatic nitrogens is 1. The van der Waals surface area contributed by atoms with Crippen molar-refractivity contribution < 1.29 is 4.79 Å². The second-order valence-corrected chi connectivity index (χ2v) is 5.41. The Kier molecular flexibility index (Phi) is 5.76. The Hall–Kier alpha value is -1.62. The van der Waals surface area contributed by atoms with Crippen molar-refractivity contribution >= 4 is 11.6 Å². The predicted octanol–water partition coefficient (Wildman–Crippen LogP) is 1.32. The van der Waals surface area contributed by atoms with E-state index in [1.165, 1.54) is 6.20 Å². The lowest BCUT2D eigenvalue weighted by atomic mass is 10.1. The van der Waals surface area contributed by atoms with Crippen molar-refractivity contribution in [3.05, 3.63) is 24.0 Å². The third-order valence-electron chi connectivity index (χ3n) is 2.77. The largest absolute Gasteiger partial charge is 0.397 e. The highest BCUT2D eigenvalue weighted by molar-refractivity contribution is 5.98. The Bertz CT molecular complexity index is 418. The molecule has 0 aliphatic rings. The summed E-state index contributed by atoms with van der Waals surface area (Å²) in [6.07, 6.45) is 3.12. The fourth-order valence-electron chi connectivity index (χ4n) is 1.81. The average Bonchev–Trinajstić information content (AvgIpc) is 2.33. The third-order valence-corrected chi connectivity index (χ3v) is 2.77. The van der Waals surface area contributed by atoms with Crippen LogP contribution in [0.25, 0.3) is 0 Å². The molecule has 0 atom stereocenters. The number of carbonyl (C=O) groups excluding carboxylic acids is 1. The second-order valence-electron chi connectivity index (χ2n) is 5.41. The minimum absolute atomic E-state index is 0.0181. The van der Waals surface area contributed by atoms with Crippen LogP contribution >= 0.6 is 0 Å². The van der Waals surface area contributed by atoms with E-state index in [0.717, 1.165) is 13.1 Å². The zero-order valence-electron chi connectivity index (χ0n) is 12.3. The quantitative estimate of drug-likeness (QED) is 0.842. The van der Waals surface area contributed by atoms with Gasteiger partial charge in [-0.1, -0.05) is 13.8 Å². The normalized spacial score (nSPS) is 11.1. The minimum Gasteiger partial charge on any atom is -0.397 e. The van der Waals surface area contributed by atoms with Crippen LogP contribution in [0.2, 0.25) is 0 Å². The number of likely N-dealkylation sites (N-methyl/N-ethyl adjacent to an activating group) is 1. The van der Waals surface area contributed by atoms with Gasteiger partial charge >= 0.3 is 0 Å². The maximum Gasteiger partial charge on any atom is 0.256 e. The van der Waals surface area contributed by atoms with Crippen molar-refractivity contribution in [2.24, 2.45) is 5.92 Å². The van der Waals surface area contributed by atoms with Crippen LogP contribution in [0.15, 0.2) is 18.5 Å². The number of nitrogen functional groups attached to an aromatic ring is 1. The number of nitrogens with zero attached hydrogens (tertiary/aromatic N) is 3. The summed E-state index contributed by atoms with van der Waals surface area (Å²) in [6, 6.07) is 1.68. The van der Waals surface area contributed by atoms with Crippen molar-refractivity contribution in [3.63, 3.8) is 0 Å². The van der Waals surface area contributed by atoms with Gasteiger partial charge in [-0.2, -0.15) is 0 Å². The Morgan fingerprint density at radius 2 is 2.05 bits per heavy atom. The van der Waals surface area contributed by atoms with Gasteiger partial charge < -0.3 is 15.5 Å². The molecule has 0 saturated carbocycles. The number of amides is 1. The Morgan fingerprint density at radius 3 is 2.58 bits per heavy atom. The molecule has 0 aliphatic carbocycles. The summed E-state index contributed by atoms with van der Waals surface area (Å²) in [5.74, 6) is 0.407. The molecule has 0 aromatic carbocycles. The molecule has 0 saturated heterocycles. The molecule has 19 heavy (non-hydrogen) atoms. The van der Waals surface area contributed by atoms with Crippen LogP contribution in [0.5, 0.6) is 0 Å². The van der Waals surface area contributed by atoms with E-state index in [4.69, 9.17) is 5.73 Å². The molecule has 2 N–H and O–H groups in total. The average molecular weight is 264 g/mol. The number of rotatable bonds is 6. The van der Waals surface area contributed by atoms with E-state index in [0.29, 0.717) is 23.7 Å². The Balaban J connectivity index is 2.84. The maximum absolute atomic E-state index is 12.5. The van der Waals surface area contributed by atoms with Crippen molar-refractivity contribution in [2.75, 3.05) is 39.5 Å². The third kappa shape index (κ3) is 4.87. The lowest BCUT2D eigenvalue weighted by Crippen LogP contribution is -2.39. The molecule has 106 valence electrons. The van der Waals surface area contributed by atoms with Gasteiger partial charge in [0, 0.05) is 25.8 Å². The van der Waals surface area contributed by atoms with Gasteiger partial charge in [-0.05, 0) is 26.1 Å². The first-order valence-corrected chi connectivity index (χ1v) is 6.55. The fourth-order valence-corrected chi connectivity index (χ4v) is 1.81. The molecule has 1 rings (SSSR count). The van der Waals surface area contributed by atoms with Crippen LogP contribution in [-0.2, 0) is 0 Å². The van der Waals surface area contributed by atoms with Gasteiger partial charge in [0.25, 0.3) is 5.91 Å². The summed E-state index contributed by atoms with van der Waals surface area (Å²) in [7, 11) is 4.00. The first-order valence-electron chi connectivity index (χ1n) is 6.55. The molecule has 1 amide bonds. The minimum atomic E-state index is -0.0181. The van der Waals surface area contributed by atoms with Crippen molar-refractivity contribution in [2.45, 2.75) is 13.8 Å². The van der Waals surface area contributed by atoms with Crippen LogP contribution in [0.1, 0.15) is 24.2 Å². The first-order chi connectivity index (χ1) is 8.91. The number of anilines is 1. The summed E-state index contributed by atoms with van der Waals surface area (Å²) in [6.45, 7) is 6.47. The van der Waals surface area contributed by atoms with E-state index >= 15 is 0 Å². The number of hydrogen-bond donors (Lipinski definition) is 1. The summed E-state index contributed by atoms with van der Waals surface area (Å²) >= 11 is 0. The molecule has 1 aromatic heterocycles. The molecule has 0 bridgehead atoms. The van der Waals surface area contributed by atoms with Crippen molar-refractivity contribution in [1.29, 1.82) is 0 Å². The topological polar surface area (TPSA) is 62.5 Å². The van der Waals surface area contributed by atoms with Gasteiger partial charge in [0.1, 0.15) is 0 Å². The fraction of sp³-hybridized carbons (Fsp3) is 0.571. The van der Waals surface area contributed by atoms with Crippen LogP contribution in [0.3, 0.4) is 0 Å². The summed E-state index contributed by atoms with van der Waals surface area (Å²) in [5, 5.41) is 0. The summed E-state index contributed by atoms with van der Waals surface area (Å²) in [4.78, 5) is 20.4. The zero-order chi connectivity index (χ0) is 14.4. The number of nitrogens with two attached hydrogens (primary N) is 1. The van der Waals surface area contributed by atoms with E-state index in [1.54, 1.807) is 12.3 Å². The highest BCUT2D eigenvalue weighted by Crippen LogP contribution is 2.13. The molecule has 0 spiro atoms. The van der Waals surface area contributed by atoms with E-state index in [2.05, 4.69) is 23.7 Å². The van der Waals surface area contributed by atoms with Crippen LogP contribution in [-0.4, -0.2) is 54.4 Å². The monoisotopic (exact) mass is 264 g/mol. The molecule has 0 radical (unpaired) electrons. The standard InChI is InChI=1S/C14H24N4O/c1-11(2)10-18(8-7-17(3)4)14(19)12-5-6-16-9-13(12)15/h5-6,9,11H,7-8,10,15H2,1-4H3. The maximum atomic E-state index is 12.5. The van der Waals surface area contributed by atoms with E-state index in [-0.39, 0.29) is 5.91 Å². The predicted molar refractivity (Wildman–Crippen MR) is 77.9 cm³/mol. The molecule has 5 nitrogen and oxygen atoms in total. The lowest BCUT2D eigenvalue weighted by molar-refractivity contribution is 0.0725. The van der Waals surface area contributed by atoms with E-state index in [1.807, 2.05) is 19.0 Å². The molecule has 5 heteroatoms. The molecule has 1 aromatic rings. The van der Waals surface area contributed by atoms with Crippen LogP contribution in [0.4, 0.5) is 5.69 Å². The molecular weight excluding hydrogens is 240 g/mol. The van der Waals surface area contributed by atoms with Crippen LogP contribution in [0, 0.1) is 5.92 Å². The lowest BCUT2D eigenvalue weighted by Gasteiger charge is -2.26. The highest BCUT2D eigenvalue weighted by Gasteiger charge is 2.18. The van der Waals surface area contributed by atoms with Gasteiger partial charge in [-0.25, -0.2) is 0 Å². The van der Waals surface area contributed by atoms with E-state index < -0.39 is 0 Å². The smallest absolute Gasteiger partial charge is 0.256 e. The second kappa shape index (κ2) is 7.09.